The molecule has 1 amide bonds. The number of nitrogens with zero attached hydrogens (tertiary/aromatic N) is 2. The van der Waals surface area contributed by atoms with Gasteiger partial charge in [0.1, 0.15) is 5.60 Å². The van der Waals surface area contributed by atoms with E-state index >= 15 is 0 Å². The van der Waals surface area contributed by atoms with Crippen LogP contribution in [0, 0.1) is 5.92 Å². The number of rotatable bonds is 8. The maximum atomic E-state index is 12.0. The SMILES string of the molecule is CCCn1cccc1CNCC(C)CN(C)C(=O)OC(C)(C)C. The van der Waals surface area contributed by atoms with E-state index in [1.165, 1.54) is 5.69 Å². The van der Waals surface area contributed by atoms with Crippen LogP contribution in [0.3, 0.4) is 0 Å². The van der Waals surface area contributed by atoms with Crippen LogP contribution in [0.25, 0.3) is 0 Å². The molecule has 1 aromatic heterocycles. The quantitative estimate of drug-likeness (QED) is 0.796. The number of carbonyl (C=O) groups excluding carboxylic acids is 1. The van der Waals surface area contributed by atoms with Crippen LogP contribution in [0.5, 0.6) is 0 Å². The molecule has 1 aromatic rings. The summed E-state index contributed by atoms with van der Waals surface area (Å²) < 4.78 is 7.65. The summed E-state index contributed by atoms with van der Waals surface area (Å²) in [5, 5.41) is 3.48. The zero-order chi connectivity index (χ0) is 17.5. The van der Waals surface area contributed by atoms with Gasteiger partial charge in [-0.2, -0.15) is 0 Å². The lowest BCUT2D eigenvalue weighted by atomic mass is 10.1. The molecule has 1 N–H and O–H groups in total. The lowest BCUT2D eigenvalue weighted by Crippen LogP contribution is -2.38. The molecule has 132 valence electrons. The number of aromatic nitrogens is 1. The lowest BCUT2D eigenvalue weighted by molar-refractivity contribution is 0.0277. The minimum atomic E-state index is -0.447. The fourth-order valence-electron chi connectivity index (χ4n) is 2.46. The highest BCUT2D eigenvalue weighted by Gasteiger charge is 2.20. The van der Waals surface area contributed by atoms with Crippen molar-refractivity contribution in [3.05, 3.63) is 24.0 Å². The molecule has 1 unspecified atom stereocenters. The van der Waals surface area contributed by atoms with Gasteiger partial charge in [-0.15, -0.1) is 0 Å². The van der Waals surface area contributed by atoms with Crippen molar-refractivity contribution in [3.63, 3.8) is 0 Å². The first-order chi connectivity index (χ1) is 10.7. The van der Waals surface area contributed by atoms with Gasteiger partial charge in [-0.3, -0.25) is 0 Å². The fourth-order valence-corrected chi connectivity index (χ4v) is 2.46. The number of ether oxygens (including phenoxy) is 1. The summed E-state index contributed by atoms with van der Waals surface area (Å²) in [5.41, 5.74) is 0.858. The molecule has 0 radical (unpaired) electrons. The second kappa shape index (κ2) is 8.96. The van der Waals surface area contributed by atoms with Gasteiger partial charge in [-0.1, -0.05) is 13.8 Å². The zero-order valence-corrected chi connectivity index (χ0v) is 15.6. The monoisotopic (exact) mass is 323 g/mol. The summed E-state index contributed by atoms with van der Waals surface area (Å²) in [6.45, 7) is 13.4. The number of hydrogen-bond acceptors (Lipinski definition) is 3. The van der Waals surface area contributed by atoms with Crippen LogP contribution in [0.1, 0.15) is 46.7 Å². The number of aryl methyl sites for hydroxylation is 1. The molecule has 0 spiro atoms. The Hall–Kier alpha value is -1.49. The third-order valence-corrected chi connectivity index (χ3v) is 3.48. The molecule has 0 bridgehead atoms. The lowest BCUT2D eigenvalue weighted by Gasteiger charge is -2.26. The Kier molecular flexibility index (Phi) is 7.62. The van der Waals surface area contributed by atoms with E-state index in [4.69, 9.17) is 4.74 Å². The van der Waals surface area contributed by atoms with Gasteiger partial charge in [0, 0.05) is 38.6 Å². The van der Waals surface area contributed by atoms with E-state index in [1.54, 1.807) is 11.9 Å². The smallest absolute Gasteiger partial charge is 0.410 e. The van der Waals surface area contributed by atoms with Crippen LogP contribution in [0.2, 0.25) is 0 Å². The average molecular weight is 323 g/mol. The summed E-state index contributed by atoms with van der Waals surface area (Å²) in [4.78, 5) is 13.6. The molecule has 1 heterocycles. The van der Waals surface area contributed by atoms with Crippen molar-refractivity contribution in [1.29, 1.82) is 0 Å². The van der Waals surface area contributed by atoms with Crippen molar-refractivity contribution >= 4 is 6.09 Å². The van der Waals surface area contributed by atoms with E-state index in [9.17, 15) is 4.79 Å². The van der Waals surface area contributed by atoms with Crippen LogP contribution in [0.15, 0.2) is 18.3 Å². The van der Waals surface area contributed by atoms with E-state index in [1.807, 2.05) is 20.8 Å². The third kappa shape index (κ3) is 7.55. The van der Waals surface area contributed by atoms with Gasteiger partial charge < -0.3 is 19.5 Å². The Bertz CT molecular complexity index is 477. The molecule has 0 aliphatic rings. The predicted octanol–water partition coefficient (Wildman–Crippen LogP) is 3.49. The number of hydrogen-bond donors (Lipinski definition) is 1. The van der Waals surface area contributed by atoms with Gasteiger partial charge in [-0.25, -0.2) is 4.79 Å². The zero-order valence-electron chi connectivity index (χ0n) is 15.6. The first-order valence-corrected chi connectivity index (χ1v) is 8.51. The van der Waals surface area contributed by atoms with Crippen molar-refractivity contribution in [2.45, 2.75) is 59.7 Å². The average Bonchev–Trinajstić information content (AvgIpc) is 2.84. The highest BCUT2D eigenvalue weighted by Crippen LogP contribution is 2.10. The largest absolute Gasteiger partial charge is 0.444 e. The van der Waals surface area contributed by atoms with Gasteiger partial charge in [0.25, 0.3) is 0 Å². The molecular formula is C18H33N3O2. The van der Waals surface area contributed by atoms with Crippen LogP contribution < -0.4 is 5.32 Å². The Labute approximate surface area is 141 Å². The minimum absolute atomic E-state index is 0.263. The Morgan fingerprint density at radius 1 is 1.43 bits per heavy atom. The highest BCUT2D eigenvalue weighted by atomic mass is 16.6. The standard InChI is InChI=1S/C18H33N3O2/c1-7-10-21-11-8-9-16(21)13-19-12-15(2)14-20(6)17(22)23-18(3,4)5/h8-9,11,15,19H,7,10,12-14H2,1-6H3. The number of nitrogens with one attached hydrogen (secondary N) is 1. The van der Waals surface area contributed by atoms with E-state index < -0.39 is 5.60 Å². The molecule has 0 aromatic carbocycles. The normalized spacial score (nSPS) is 13.0. The van der Waals surface area contributed by atoms with E-state index in [2.05, 4.69) is 42.1 Å². The van der Waals surface area contributed by atoms with Crippen molar-refractivity contribution in [1.82, 2.24) is 14.8 Å². The first-order valence-electron chi connectivity index (χ1n) is 8.51. The topological polar surface area (TPSA) is 46.5 Å². The number of amides is 1. The van der Waals surface area contributed by atoms with Gasteiger partial charge in [-0.05, 0) is 51.8 Å². The van der Waals surface area contributed by atoms with Gasteiger partial charge in [0.05, 0.1) is 0 Å². The van der Waals surface area contributed by atoms with E-state index in [0.717, 1.165) is 26.1 Å². The van der Waals surface area contributed by atoms with E-state index in [0.29, 0.717) is 12.5 Å². The second-order valence-electron chi connectivity index (χ2n) is 7.29. The highest BCUT2D eigenvalue weighted by molar-refractivity contribution is 5.67. The molecule has 0 saturated heterocycles. The summed E-state index contributed by atoms with van der Waals surface area (Å²) in [6, 6.07) is 4.24. The maximum Gasteiger partial charge on any atom is 0.410 e. The molecule has 0 aliphatic heterocycles. The third-order valence-electron chi connectivity index (χ3n) is 3.48. The molecular weight excluding hydrogens is 290 g/mol. The maximum absolute atomic E-state index is 12.0. The summed E-state index contributed by atoms with van der Waals surface area (Å²) in [6.07, 6.45) is 3.00. The van der Waals surface area contributed by atoms with Crippen molar-refractivity contribution in [2.24, 2.45) is 5.92 Å². The molecule has 0 aliphatic carbocycles. The summed E-state index contributed by atoms with van der Waals surface area (Å²) >= 11 is 0. The van der Waals surface area contributed by atoms with Crippen LogP contribution >= 0.6 is 0 Å². The van der Waals surface area contributed by atoms with Gasteiger partial charge in [0.15, 0.2) is 0 Å². The summed E-state index contributed by atoms with van der Waals surface area (Å²) in [7, 11) is 1.79. The molecule has 5 nitrogen and oxygen atoms in total. The molecule has 5 heteroatoms. The predicted molar refractivity (Wildman–Crippen MR) is 94.5 cm³/mol. The Morgan fingerprint density at radius 3 is 2.74 bits per heavy atom. The van der Waals surface area contributed by atoms with E-state index in [-0.39, 0.29) is 6.09 Å². The van der Waals surface area contributed by atoms with Crippen LogP contribution in [-0.4, -0.2) is 41.3 Å². The molecule has 1 atom stereocenters. The first kappa shape index (κ1) is 19.6. The summed E-state index contributed by atoms with van der Waals surface area (Å²) in [5.74, 6) is 0.363. The van der Waals surface area contributed by atoms with Gasteiger partial charge in [0.2, 0.25) is 0 Å². The fraction of sp³-hybridized carbons (Fsp3) is 0.722. The molecule has 0 saturated carbocycles. The minimum Gasteiger partial charge on any atom is -0.444 e. The van der Waals surface area contributed by atoms with Crippen molar-refractivity contribution < 1.29 is 9.53 Å². The van der Waals surface area contributed by atoms with Crippen LogP contribution in [0.4, 0.5) is 4.79 Å². The van der Waals surface area contributed by atoms with Crippen LogP contribution in [-0.2, 0) is 17.8 Å². The number of carbonyl (C=O) groups is 1. The van der Waals surface area contributed by atoms with Crippen molar-refractivity contribution in [2.75, 3.05) is 20.1 Å². The van der Waals surface area contributed by atoms with Gasteiger partial charge >= 0.3 is 6.09 Å². The Morgan fingerprint density at radius 2 is 2.13 bits per heavy atom. The molecule has 0 fully saturated rings. The molecule has 1 rings (SSSR count). The van der Waals surface area contributed by atoms with Crippen molar-refractivity contribution in [3.8, 4) is 0 Å². The molecule has 23 heavy (non-hydrogen) atoms. The second-order valence-corrected chi connectivity index (χ2v) is 7.29. The Balaban J connectivity index is 2.32.